The van der Waals surface area contributed by atoms with E-state index in [1.54, 1.807) is 0 Å². The van der Waals surface area contributed by atoms with Crippen molar-refractivity contribution in [1.29, 1.82) is 0 Å². The Bertz CT molecular complexity index is 804. The maximum Gasteiger partial charge on any atom is 0.251 e. The highest BCUT2D eigenvalue weighted by molar-refractivity contribution is 7.89. The highest BCUT2D eigenvalue weighted by Crippen LogP contribution is 2.11. The monoisotopic (exact) mass is 375 g/mol. The van der Waals surface area contributed by atoms with Crippen molar-refractivity contribution in [3.05, 3.63) is 65.7 Å². The van der Waals surface area contributed by atoms with Crippen molar-refractivity contribution in [2.24, 2.45) is 0 Å². The Morgan fingerprint density at radius 2 is 1.65 bits per heavy atom. The van der Waals surface area contributed by atoms with Crippen molar-refractivity contribution in [1.82, 2.24) is 14.9 Å². The lowest BCUT2D eigenvalue weighted by atomic mass is 10.2. The number of nitrogens with one attached hydrogen (secondary N) is 2. The average Bonchev–Trinajstić information content (AvgIpc) is 2.64. The van der Waals surface area contributed by atoms with Crippen molar-refractivity contribution in [3.63, 3.8) is 0 Å². The third-order valence-corrected chi connectivity index (χ3v) is 5.27. The highest BCUT2D eigenvalue weighted by Gasteiger charge is 2.14. The first-order chi connectivity index (χ1) is 12.4. The number of benzene rings is 2. The van der Waals surface area contributed by atoms with Crippen LogP contribution in [0, 0.1) is 0 Å². The fourth-order valence-electron chi connectivity index (χ4n) is 2.35. The molecule has 0 bridgehead atoms. The van der Waals surface area contributed by atoms with Gasteiger partial charge in [-0.1, -0.05) is 30.3 Å². The molecule has 0 unspecified atom stereocenters. The second kappa shape index (κ2) is 9.47. The maximum atomic E-state index is 12.2. The van der Waals surface area contributed by atoms with Gasteiger partial charge in [0.2, 0.25) is 10.0 Å². The predicted molar refractivity (Wildman–Crippen MR) is 102 cm³/mol. The molecule has 0 fully saturated rings. The molecule has 0 aliphatic rings. The van der Waals surface area contributed by atoms with Gasteiger partial charge in [0.25, 0.3) is 5.91 Å². The van der Waals surface area contributed by atoms with Crippen LogP contribution in [0.2, 0.25) is 0 Å². The maximum absolute atomic E-state index is 12.2. The summed E-state index contributed by atoms with van der Waals surface area (Å²) in [4.78, 5) is 14.3. The number of carbonyl (C=O) groups excluding carboxylic acids is 1. The van der Waals surface area contributed by atoms with Gasteiger partial charge in [-0.3, -0.25) is 4.79 Å². The van der Waals surface area contributed by atoms with E-state index in [1.165, 1.54) is 24.3 Å². The van der Waals surface area contributed by atoms with Gasteiger partial charge in [-0.15, -0.1) is 0 Å². The van der Waals surface area contributed by atoms with Crippen LogP contribution in [0.5, 0.6) is 0 Å². The lowest BCUT2D eigenvalue weighted by molar-refractivity contribution is 0.0951. The molecule has 0 saturated carbocycles. The fraction of sp³-hybridized carbons (Fsp3) is 0.316. The number of nitrogens with zero attached hydrogens (tertiary/aromatic N) is 1. The van der Waals surface area contributed by atoms with Crippen LogP contribution in [0.1, 0.15) is 22.3 Å². The topological polar surface area (TPSA) is 78.5 Å². The Balaban J connectivity index is 1.91. The van der Waals surface area contributed by atoms with Crippen LogP contribution in [-0.2, 0) is 16.6 Å². The van der Waals surface area contributed by atoms with Crippen molar-refractivity contribution in [2.45, 2.75) is 17.9 Å². The summed E-state index contributed by atoms with van der Waals surface area (Å²) in [7, 11) is 0.325. The summed E-state index contributed by atoms with van der Waals surface area (Å²) < 4.78 is 27.1. The average molecular weight is 375 g/mol. The van der Waals surface area contributed by atoms with Crippen molar-refractivity contribution < 1.29 is 13.2 Å². The van der Waals surface area contributed by atoms with E-state index in [1.807, 2.05) is 49.3 Å². The molecule has 2 N–H and O–H groups in total. The summed E-state index contributed by atoms with van der Waals surface area (Å²) in [6.07, 6.45) is 0.728. The SMILES string of the molecule is CN(C)CCCNS(=O)(=O)c1ccc(C(=O)NCc2ccccc2)cc1. The molecular formula is C19H25N3O3S. The number of hydrogen-bond acceptors (Lipinski definition) is 4. The number of carbonyl (C=O) groups is 1. The first-order valence-corrected chi connectivity index (χ1v) is 9.93. The molecule has 6 nitrogen and oxygen atoms in total. The third-order valence-electron chi connectivity index (χ3n) is 3.80. The molecule has 1 amide bonds. The zero-order valence-corrected chi connectivity index (χ0v) is 15.9. The van der Waals surface area contributed by atoms with Gasteiger partial charge in [0, 0.05) is 18.7 Å². The summed E-state index contributed by atoms with van der Waals surface area (Å²) in [5, 5.41) is 2.82. The van der Waals surface area contributed by atoms with E-state index in [0.717, 1.165) is 18.5 Å². The van der Waals surface area contributed by atoms with E-state index in [-0.39, 0.29) is 10.8 Å². The number of amides is 1. The molecule has 0 spiro atoms. The van der Waals surface area contributed by atoms with Gasteiger partial charge >= 0.3 is 0 Å². The Hall–Kier alpha value is -2.22. The van der Waals surface area contributed by atoms with Gasteiger partial charge in [-0.2, -0.15) is 0 Å². The summed E-state index contributed by atoms with van der Waals surface area (Å²) in [5.41, 5.74) is 1.43. The van der Waals surface area contributed by atoms with E-state index in [4.69, 9.17) is 0 Å². The first kappa shape index (κ1) is 20.1. The lowest BCUT2D eigenvalue weighted by Gasteiger charge is -2.11. The molecule has 2 rings (SSSR count). The molecular weight excluding hydrogens is 350 g/mol. The normalized spacial score (nSPS) is 11.5. The van der Waals surface area contributed by atoms with Crippen LogP contribution >= 0.6 is 0 Å². The Morgan fingerprint density at radius 3 is 2.27 bits per heavy atom. The number of sulfonamides is 1. The summed E-state index contributed by atoms with van der Waals surface area (Å²) in [6.45, 7) is 1.61. The molecule has 26 heavy (non-hydrogen) atoms. The standard InChI is InChI=1S/C19H25N3O3S/c1-22(2)14-6-13-21-26(24,25)18-11-9-17(10-12-18)19(23)20-15-16-7-4-3-5-8-16/h3-5,7-12,21H,6,13-15H2,1-2H3,(H,20,23). The minimum Gasteiger partial charge on any atom is -0.348 e. The van der Waals surface area contributed by atoms with E-state index >= 15 is 0 Å². The van der Waals surface area contributed by atoms with Gasteiger partial charge in [0.15, 0.2) is 0 Å². The van der Waals surface area contributed by atoms with Gasteiger partial charge in [0.05, 0.1) is 4.90 Å². The Labute approximate surface area is 155 Å². The zero-order valence-electron chi connectivity index (χ0n) is 15.1. The third kappa shape index (κ3) is 6.25. The summed E-state index contributed by atoms with van der Waals surface area (Å²) in [6, 6.07) is 15.5. The van der Waals surface area contributed by atoms with Crippen LogP contribution in [0.15, 0.2) is 59.5 Å². The minimum absolute atomic E-state index is 0.155. The molecule has 2 aromatic rings. The van der Waals surface area contributed by atoms with Crippen molar-refractivity contribution >= 4 is 15.9 Å². The predicted octanol–water partition coefficient (Wildman–Crippen LogP) is 1.85. The first-order valence-electron chi connectivity index (χ1n) is 8.45. The molecule has 0 aromatic heterocycles. The fourth-order valence-corrected chi connectivity index (χ4v) is 3.42. The molecule has 2 aromatic carbocycles. The second-order valence-corrected chi connectivity index (χ2v) is 8.01. The molecule has 0 aliphatic heterocycles. The smallest absolute Gasteiger partial charge is 0.251 e. The van der Waals surface area contributed by atoms with Gasteiger partial charge in [-0.25, -0.2) is 13.1 Å². The molecule has 0 heterocycles. The molecule has 140 valence electrons. The largest absolute Gasteiger partial charge is 0.348 e. The Kier molecular flexibility index (Phi) is 7.32. The van der Waals surface area contributed by atoms with Crippen LogP contribution < -0.4 is 10.0 Å². The molecule has 0 saturated heterocycles. The van der Waals surface area contributed by atoms with Crippen LogP contribution in [0.4, 0.5) is 0 Å². The van der Waals surface area contributed by atoms with Crippen molar-refractivity contribution in [3.8, 4) is 0 Å². The quantitative estimate of drug-likeness (QED) is 0.656. The van der Waals surface area contributed by atoms with E-state index in [9.17, 15) is 13.2 Å². The van der Waals surface area contributed by atoms with Gasteiger partial charge in [0.1, 0.15) is 0 Å². The molecule has 7 heteroatoms. The van der Waals surface area contributed by atoms with Crippen molar-refractivity contribution in [2.75, 3.05) is 27.2 Å². The number of rotatable bonds is 9. The van der Waals surface area contributed by atoms with Crippen LogP contribution in [-0.4, -0.2) is 46.4 Å². The van der Waals surface area contributed by atoms with Gasteiger partial charge in [-0.05, 0) is 56.9 Å². The Morgan fingerprint density at radius 1 is 1.00 bits per heavy atom. The van der Waals surface area contributed by atoms with E-state index < -0.39 is 10.0 Å². The summed E-state index contributed by atoms with van der Waals surface area (Å²) >= 11 is 0. The second-order valence-electron chi connectivity index (χ2n) is 6.25. The molecule has 0 radical (unpaired) electrons. The number of hydrogen-bond donors (Lipinski definition) is 2. The van der Waals surface area contributed by atoms with E-state index in [0.29, 0.717) is 18.7 Å². The molecule has 0 atom stereocenters. The van der Waals surface area contributed by atoms with E-state index in [2.05, 4.69) is 10.0 Å². The highest BCUT2D eigenvalue weighted by atomic mass is 32.2. The zero-order chi connectivity index (χ0) is 19.0. The molecule has 0 aliphatic carbocycles. The lowest BCUT2D eigenvalue weighted by Crippen LogP contribution is -2.27. The van der Waals surface area contributed by atoms with Crippen LogP contribution in [0.25, 0.3) is 0 Å². The van der Waals surface area contributed by atoms with Gasteiger partial charge < -0.3 is 10.2 Å². The van der Waals surface area contributed by atoms with Crippen LogP contribution in [0.3, 0.4) is 0 Å². The summed E-state index contributed by atoms with van der Waals surface area (Å²) in [5.74, 6) is -0.239. The minimum atomic E-state index is -3.56.